The van der Waals surface area contributed by atoms with Crippen LogP contribution in [0.2, 0.25) is 5.02 Å². The minimum Gasteiger partial charge on any atom is -0.377 e. The molecule has 0 radical (unpaired) electrons. The van der Waals surface area contributed by atoms with E-state index in [1.165, 1.54) is 0 Å². The highest BCUT2D eigenvalue weighted by atomic mass is 127. The highest BCUT2D eigenvalue weighted by Crippen LogP contribution is 2.22. The van der Waals surface area contributed by atoms with Gasteiger partial charge in [-0.25, -0.2) is 0 Å². The lowest BCUT2D eigenvalue weighted by atomic mass is 10.1. The van der Waals surface area contributed by atoms with Crippen LogP contribution in [-0.4, -0.2) is 13.0 Å². The lowest BCUT2D eigenvalue weighted by Gasteiger charge is -2.12. The lowest BCUT2D eigenvalue weighted by molar-refractivity contribution is 0.102. The van der Waals surface area contributed by atoms with E-state index < -0.39 is 0 Å². The maximum absolute atomic E-state index is 12.3. The average Bonchev–Trinajstić information content (AvgIpc) is 2.49. The van der Waals surface area contributed by atoms with E-state index in [4.69, 9.17) is 16.3 Å². The molecule has 1 unspecified atom stereocenters. The molecule has 0 aliphatic carbocycles. The minimum absolute atomic E-state index is 0.0202. The Hall–Kier alpha value is -1.11. The molecule has 0 bridgehead atoms. The molecule has 0 spiro atoms. The summed E-state index contributed by atoms with van der Waals surface area (Å²) in [6.45, 7) is 1.96. The molecule has 0 fully saturated rings. The summed E-state index contributed by atoms with van der Waals surface area (Å²) in [5.74, 6) is -0.177. The van der Waals surface area contributed by atoms with Gasteiger partial charge >= 0.3 is 0 Å². The van der Waals surface area contributed by atoms with Gasteiger partial charge in [-0.05, 0) is 65.4 Å². The second-order valence-electron chi connectivity index (χ2n) is 4.58. The predicted octanol–water partition coefficient (Wildman–Crippen LogP) is 4.90. The van der Waals surface area contributed by atoms with Crippen LogP contribution in [0.25, 0.3) is 0 Å². The maximum atomic E-state index is 12.3. The van der Waals surface area contributed by atoms with Crippen LogP contribution in [-0.2, 0) is 4.74 Å². The van der Waals surface area contributed by atoms with Crippen molar-refractivity contribution >= 4 is 45.8 Å². The molecule has 5 heteroatoms. The van der Waals surface area contributed by atoms with Crippen molar-refractivity contribution in [1.29, 1.82) is 0 Å². The number of carbonyl (C=O) groups is 1. The van der Waals surface area contributed by atoms with Crippen LogP contribution in [0.3, 0.4) is 0 Å². The maximum Gasteiger partial charge on any atom is 0.256 e. The van der Waals surface area contributed by atoms with Gasteiger partial charge in [0.05, 0.1) is 11.7 Å². The Labute approximate surface area is 142 Å². The quantitative estimate of drug-likeness (QED) is 0.721. The number of anilines is 1. The van der Waals surface area contributed by atoms with Gasteiger partial charge in [-0.3, -0.25) is 4.79 Å². The molecule has 0 aliphatic rings. The molecule has 21 heavy (non-hydrogen) atoms. The fourth-order valence-corrected chi connectivity index (χ4v) is 2.63. The summed E-state index contributed by atoms with van der Waals surface area (Å²) in [5, 5.41) is 3.43. The zero-order chi connectivity index (χ0) is 15.4. The van der Waals surface area contributed by atoms with E-state index in [-0.39, 0.29) is 12.0 Å². The van der Waals surface area contributed by atoms with E-state index in [1.807, 2.05) is 37.3 Å². The number of amides is 1. The van der Waals surface area contributed by atoms with Gasteiger partial charge in [-0.1, -0.05) is 23.7 Å². The van der Waals surface area contributed by atoms with Crippen molar-refractivity contribution in [2.75, 3.05) is 12.4 Å². The predicted molar refractivity (Wildman–Crippen MR) is 94.0 cm³/mol. The first-order valence-corrected chi connectivity index (χ1v) is 7.86. The van der Waals surface area contributed by atoms with Gasteiger partial charge in [0.2, 0.25) is 0 Å². The number of halogens is 2. The van der Waals surface area contributed by atoms with Gasteiger partial charge < -0.3 is 10.1 Å². The van der Waals surface area contributed by atoms with Crippen LogP contribution in [0, 0.1) is 3.57 Å². The van der Waals surface area contributed by atoms with Crippen molar-refractivity contribution in [3.05, 3.63) is 62.2 Å². The summed E-state index contributed by atoms with van der Waals surface area (Å²) in [4.78, 5) is 12.3. The van der Waals surface area contributed by atoms with Crippen LogP contribution in [0.5, 0.6) is 0 Å². The third-order valence-corrected chi connectivity index (χ3v) is 4.32. The first-order valence-electron chi connectivity index (χ1n) is 6.40. The van der Waals surface area contributed by atoms with Crippen LogP contribution < -0.4 is 5.32 Å². The molecule has 0 aromatic heterocycles. The standard InChI is InChI=1S/C16H15ClINO2/c1-10(21-2)11-4-3-5-13(8-11)19-16(20)14-9-12(17)6-7-15(14)18/h3-10H,1-2H3,(H,19,20). The highest BCUT2D eigenvalue weighted by molar-refractivity contribution is 14.1. The van der Waals surface area contributed by atoms with Crippen molar-refractivity contribution in [3.63, 3.8) is 0 Å². The monoisotopic (exact) mass is 415 g/mol. The first kappa shape index (κ1) is 16.3. The second kappa shape index (κ2) is 7.24. The first-order chi connectivity index (χ1) is 10.0. The Balaban J connectivity index is 2.21. The lowest BCUT2D eigenvalue weighted by Crippen LogP contribution is -2.13. The van der Waals surface area contributed by atoms with Crippen molar-refractivity contribution in [3.8, 4) is 0 Å². The van der Waals surface area contributed by atoms with E-state index in [2.05, 4.69) is 27.9 Å². The van der Waals surface area contributed by atoms with E-state index in [9.17, 15) is 4.79 Å². The molecular weight excluding hydrogens is 401 g/mol. The molecule has 110 valence electrons. The molecule has 1 atom stereocenters. The van der Waals surface area contributed by atoms with Crippen molar-refractivity contribution < 1.29 is 9.53 Å². The second-order valence-corrected chi connectivity index (χ2v) is 6.18. The Kier molecular flexibility index (Phi) is 5.61. The van der Waals surface area contributed by atoms with Gasteiger partial charge in [0, 0.05) is 21.4 Å². The summed E-state index contributed by atoms with van der Waals surface area (Å²) in [6, 6.07) is 12.9. The summed E-state index contributed by atoms with van der Waals surface area (Å²) >= 11 is 8.07. The minimum atomic E-state index is -0.177. The summed E-state index contributed by atoms with van der Waals surface area (Å²) < 4.78 is 6.14. The number of methoxy groups -OCH3 is 1. The number of ether oxygens (including phenoxy) is 1. The number of hydrogen-bond acceptors (Lipinski definition) is 2. The van der Waals surface area contributed by atoms with Crippen LogP contribution in [0.1, 0.15) is 28.9 Å². The zero-order valence-corrected chi connectivity index (χ0v) is 14.6. The van der Waals surface area contributed by atoms with Crippen LogP contribution in [0.15, 0.2) is 42.5 Å². The Morgan fingerprint density at radius 1 is 1.29 bits per heavy atom. The van der Waals surface area contributed by atoms with Crippen molar-refractivity contribution in [1.82, 2.24) is 0 Å². The molecule has 2 rings (SSSR count). The van der Waals surface area contributed by atoms with Gasteiger partial charge in [0.25, 0.3) is 5.91 Å². The van der Waals surface area contributed by atoms with E-state index in [0.717, 1.165) is 14.8 Å². The van der Waals surface area contributed by atoms with Crippen LogP contribution >= 0.6 is 34.2 Å². The van der Waals surface area contributed by atoms with Crippen LogP contribution in [0.4, 0.5) is 5.69 Å². The molecule has 2 aromatic rings. The number of hydrogen-bond donors (Lipinski definition) is 1. The summed E-state index contributed by atoms with van der Waals surface area (Å²) in [7, 11) is 1.66. The molecule has 0 saturated heterocycles. The SMILES string of the molecule is COC(C)c1cccc(NC(=O)c2cc(Cl)ccc2I)c1. The Morgan fingerprint density at radius 3 is 2.76 bits per heavy atom. The molecule has 3 nitrogen and oxygen atoms in total. The van der Waals surface area contributed by atoms with Gasteiger partial charge in [-0.2, -0.15) is 0 Å². The van der Waals surface area contributed by atoms with E-state index in [1.54, 1.807) is 19.2 Å². The summed E-state index contributed by atoms with van der Waals surface area (Å²) in [5.41, 5.74) is 2.31. The average molecular weight is 416 g/mol. The topological polar surface area (TPSA) is 38.3 Å². The number of nitrogens with one attached hydrogen (secondary N) is 1. The fourth-order valence-electron chi connectivity index (χ4n) is 1.88. The summed E-state index contributed by atoms with van der Waals surface area (Å²) in [6.07, 6.45) is -0.0202. The van der Waals surface area contributed by atoms with Crippen molar-refractivity contribution in [2.45, 2.75) is 13.0 Å². The van der Waals surface area contributed by atoms with E-state index in [0.29, 0.717) is 10.6 Å². The largest absolute Gasteiger partial charge is 0.377 e. The number of carbonyl (C=O) groups excluding carboxylic acids is 1. The third-order valence-electron chi connectivity index (χ3n) is 3.14. The molecule has 0 saturated carbocycles. The van der Waals surface area contributed by atoms with Gasteiger partial charge in [0.15, 0.2) is 0 Å². The number of benzene rings is 2. The molecule has 0 aliphatic heterocycles. The molecule has 2 aromatic carbocycles. The van der Waals surface area contributed by atoms with Gasteiger partial charge in [0.1, 0.15) is 0 Å². The molecule has 0 heterocycles. The highest BCUT2D eigenvalue weighted by Gasteiger charge is 2.12. The number of rotatable bonds is 4. The van der Waals surface area contributed by atoms with E-state index >= 15 is 0 Å². The molecule has 1 amide bonds. The van der Waals surface area contributed by atoms with Crippen molar-refractivity contribution in [2.24, 2.45) is 0 Å². The van der Waals surface area contributed by atoms with Gasteiger partial charge in [-0.15, -0.1) is 0 Å². The Morgan fingerprint density at radius 2 is 2.05 bits per heavy atom. The third kappa shape index (κ3) is 4.18. The molecular formula is C16H15ClINO2. The zero-order valence-electron chi connectivity index (χ0n) is 11.7. The fraction of sp³-hybridized carbons (Fsp3) is 0.188. The normalized spacial score (nSPS) is 12.0. The smallest absolute Gasteiger partial charge is 0.256 e. The molecule has 1 N–H and O–H groups in total. The Bertz CT molecular complexity index is 660.